The van der Waals surface area contributed by atoms with Crippen LogP contribution in [0.1, 0.15) is 102 Å². The zero-order chi connectivity index (χ0) is 51.0. The molecule has 71 heavy (non-hydrogen) atoms. The van der Waals surface area contributed by atoms with Crippen molar-refractivity contribution in [3.05, 3.63) is 70.8 Å². The summed E-state index contributed by atoms with van der Waals surface area (Å²) in [7, 11) is 7.09. The molecule has 0 saturated carbocycles. The Kier molecular flexibility index (Phi) is 15.3. The first-order chi connectivity index (χ1) is 33.8. The number of likely N-dealkylation sites (tertiary alicyclic amines) is 2. The molecule has 8 rings (SSSR count). The highest BCUT2D eigenvalue weighted by Crippen LogP contribution is 2.43. The summed E-state index contributed by atoms with van der Waals surface area (Å²) in [5.74, 6) is -1.85. The van der Waals surface area contributed by atoms with Crippen molar-refractivity contribution in [2.75, 3.05) is 53.5 Å². The predicted octanol–water partition coefficient (Wildman–Crippen LogP) is 6.67. The quantitative estimate of drug-likeness (QED) is 0.105. The first kappa shape index (κ1) is 51.9. The molecule has 5 amide bonds. The molecule has 1 spiro atoms. The van der Waals surface area contributed by atoms with Crippen LogP contribution in [0.15, 0.2) is 54.6 Å². The number of aryl methyl sites for hydroxylation is 1. The number of likely N-dealkylation sites (N-methyl/N-ethyl adjacent to an activating group) is 1. The minimum Gasteiger partial charge on any atom is -0.464 e. The van der Waals surface area contributed by atoms with E-state index in [2.05, 4.69) is 77.2 Å². The van der Waals surface area contributed by atoms with Crippen molar-refractivity contribution in [2.24, 2.45) is 16.7 Å². The third-order valence-electron chi connectivity index (χ3n) is 15.1. The number of carbonyl (C=O) groups is 5. The largest absolute Gasteiger partial charge is 0.464 e. The second kappa shape index (κ2) is 21.0. The van der Waals surface area contributed by atoms with Crippen molar-refractivity contribution in [1.82, 2.24) is 45.0 Å². The summed E-state index contributed by atoms with van der Waals surface area (Å²) in [4.78, 5) is 85.8. The van der Waals surface area contributed by atoms with Crippen molar-refractivity contribution in [3.63, 3.8) is 0 Å². The number of ether oxygens (including phenoxy) is 2. The van der Waals surface area contributed by atoms with E-state index in [4.69, 9.17) is 19.4 Å². The number of benzene rings is 1. The van der Waals surface area contributed by atoms with E-state index in [-0.39, 0.29) is 48.9 Å². The average molecular weight is 1010 g/mol. The van der Waals surface area contributed by atoms with E-state index in [1.807, 2.05) is 42.0 Å². The number of rotatable bonds is 9. The zero-order valence-corrected chi connectivity index (χ0v) is 44.5. The SMILES string of the molecule is C=CC(=O)N1CCC2(CCCN(C(=O)N(C)[C@H](C(=O)N[C@H]3Cc4nc(cs4)-c4ccc5c(c4)c(c(-c4cccnc4[C@H](C)OC)n5CC)CC(C)(C)COC(=O)[C@@]4([Si])CCCN(N4)C3=O)C(C)C)C2)CC1. The highest BCUT2D eigenvalue weighted by Gasteiger charge is 2.45. The smallest absolute Gasteiger partial charge is 0.323 e. The molecule has 3 saturated heterocycles. The fourth-order valence-corrected chi connectivity index (χ4v) is 12.5. The number of nitrogens with zero attached hydrogens (tertiary/aromatic N) is 7. The summed E-state index contributed by atoms with van der Waals surface area (Å²) in [6.07, 6.45) is 7.69. The van der Waals surface area contributed by atoms with Crippen molar-refractivity contribution in [2.45, 2.75) is 123 Å². The highest BCUT2D eigenvalue weighted by molar-refractivity contribution is 7.10. The molecule has 6 bridgehead atoms. The molecule has 3 radical (unpaired) electrons. The van der Waals surface area contributed by atoms with Crippen LogP contribution in [0.4, 0.5) is 4.79 Å². The predicted molar refractivity (Wildman–Crippen MR) is 275 cm³/mol. The van der Waals surface area contributed by atoms with Crippen LogP contribution in [0.3, 0.4) is 0 Å². The Bertz CT molecular complexity index is 2680. The molecule has 0 aliphatic carbocycles. The van der Waals surface area contributed by atoms with Gasteiger partial charge in [-0.25, -0.2) is 15.2 Å². The van der Waals surface area contributed by atoms with Crippen molar-refractivity contribution < 1.29 is 33.4 Å². The maximum absolute atomic E-state index is 14.9. The van der Waals surface area contributed by atoms with Gasteiger partial charge in [0.25, 0.3) is 5.91 Å². The topological polar surface area (TPSA) is 172 Å². The van der Waals surface area contributed by atoms with E-state index >= 15 is 0 Å². The van der Waals surface area contributed by atoms with Gasteiger partial charge in [0.05, 0.1) is 45.0 Å². The number of cyclic esters (lactones) is 1. The average Bonchev–Trinajstić information content (AvgIpc) is 3.95. The summed E-state index contributed by atoms with van der Waals surface area (Å²) < 4.78 is 14.3. The Balaban J connectivity index is 1.13. The molecule has 3 fully saturated rings. The Labute approximate surface area is 425 Å². The van der Waals surface area contributed by atoms with Crippen LogP contribution in [0, 0.1) is 16.7 Å². The summed E-state index contributed by atoms with van der Waals surface area (Å²) in [6.45, 7) is 19.1. The minimum atomic E-state index is -1.42. The summed E-state index contributed by atoms with van der Waals surface area (Å²) in [6, 6.07) is 8.15. The van der Waals surface area contributed by atoms with E-state index < -0.39 is 40.4 Å². The molecule has 7 heterocycles. The number of carbonyl (C=O) groups excluding carboxylic acids is 5. The molecule has 4 aromatic rings. The van der Waals surface area contributed by atoms with Crippen LogP contribution in [-0.2, 0) is 48.0 Å². The Morgan fingerprint density at radius 3 is 2.52 bits per heavy atom. The van der Waals surface area contributed by atoms with Crippen LogP contribution in [0.25, 0.3) is 33.4 Å². The molecule has 4 atom stereocenters. The van der Waals surface area contributed by atoms with Crippen LogP contribution in [-0.4, -0.2) is 145 Å². The summed E-state index contributed by atoms with van der Waals surface area (Å²) >= 11 is 1.41. The van der Waals surface area contributed by atoms with Gasteiger partial charge in [-0.15, -0.1) is 11.3 Å². The normalized spacial score (nSPS) is 22.5. The van der Waals surface area contributed by atoms with Crippen LogP contribution in [0.2, 0.25) is 0 Å². The maximum atomic E-state index is 14.9. The second-order valence-corrected chi connectivity index (χ2v) is 23.0. The molecule has 18 heteroatoms. The molecular formula is C53H70N9O7SSi. The third-order valence-corrected chi connectivity index (χ3v) is 16.6. The number of hydrazine groups is 1. The van der Waals surface area contributed by atoms with Gasteiger partial charge in [-0.3, -0.25) is 29.2 Å². The number of thiazole rings is 1. The second-order valence-electron chi connectivity index (χ2n) is 21.2. The van der Waals surface area contributed by atoms with Gasteiger partial charge >= 0.3 is 12.0 Å². The van der Waals surface area contributed by atoms with Gasteiger partial charge in [0.15, 0.2) is 0 Å². The molecule has 379 valence electrons. The summed E-state index contributed by atoms with van der Waals surface area (Å²) in [5, 5.41) is 6.72. The van der Waals surface area contributed by atoms with Crippen molar-refractivity contribution in [3.8, 4) is 22.5 Å². The number of hydrogen-bond acceptors (Lipinski definition) is 11. The molecule has 4 aliphatic heterocycles. The Morgan fingerprint density at radius 2 is 1.82 bits per heavy atom. The Morgan fingerprint density at radius 1 is 1.07 bits per heavy atom. The van der Waals surface area contributed by atoms with E-state index in [1.54, 1.807) is 20.4 Å². The molecule has 16 nitrogen and oxygen atoms in total. The number of hydrogen-bond donors (Lipinski definition) is 2. The van der Waals surface area contributed by atoms with E-state index in [1.165, 1.54) is 27.3 Å². The van der Waals surface area contributed by atoms with Gasteiger partial charge in [-0.2, -0.15) is 0 Å². The van der Waals surface area contributed by atoms with Crippen molar-refractivity contribution in [1.29, 1.82) is 0 Å². The highest BCUT2D eigenvalue weighted by atomic mass is 32.1. The number of aromatic nitrogens is 3. The van der Waals surface area contributed by atoms with E-state index in [0.717, 1.165) is 70.4 Å². The van der Waals surface area contributed by atoms with Crippen molar-refractivity contribution >= 4 is 62.2 Å². The van der Waals surface area contributed by atoms with Gasteiger partial charge in [-0.05, 0) is 106 Å². The number of methoxy groups -OCH3 is 1. The minimum absolute atomic E-state index is 0.0641. The third kappa shape index (κ3) is 10.6. The monoisotopic (exact) mass is 1000 g/mol. The van der Waals surface area contributed by atoms with Gasteiger partial charge in [0.2, 0.25) is 11.8 Å². The lowest BCUT2D eigenvalue weighted by Crippen LogP contribution is -2.67. The number of esters is 1. The first-order valence-corrected chi connectivity index (χ1v) is 26.5. The van der Waals surface area contributed by atoms with E-state index in [9.17, 15) is 24.0 Å². The Hall–Kier alpha value is -5.43. The lowest BCUT2D eigenvalue weighted by atomic mass is 9.72. The van der Waals surface area contributed by atoms with E-state index in [0.29, 0.717) is 57.0 Å². The number of piperidine rings is 2. The fraction of sp³-hybridized carbons (Fsp3) is 0.566. The summed E-state index contributed by atoms with van der Waals surface area (Å²) in [5.41, 5.74) is 9.10. The first-order valence-electron chi connectivity index (χ1n) is 25.1. The number of urea groups is 1. The molecule has 1 aromatic carbocycles. The van der Waals surface area contributed by atoms with Crippen LogP contribution in [0.5, 0.6) is 0 Å². The number of nitrogens with one attached hydrogen (secondary N) is 2. The van der Waals surface area contributed by atoms with Crippen LogP contribution < -0.4 is 10.7 Å². The van der Waals surface area contributed by atoms with Gasteiger partial charge in [0, 0.05) is 98.9 Å². The van der Waals surface area contributed by atoms with Gasteiger partial charge in [-0.1, -0.05) is 40.3 Å². The lowest BCUT2D eigenvalue weighted by Gasteiger charge is -2.48. The molecular weight excluding hydrogens is 935 g/mol. The standard InChI is InChI=1S/C53H70N9O7SSi/c1-10-43(63)59-25-20-52(21-26-59)18-13-23-60(31-52)50(67)58(8)45(33(3)4)47(64)56-39-28-42-55-40(30-70-42)35-16-17-41-37(27-35)38(46(61(41)11-2)36-15-12-22-54-44(36)34(5)68-9)29-51(6,7)32-69-49(66)53(71)19-14-24-62(57-53)48(39)65/h10,12,15-17,22,27,30,33-34,39,45,57H,1,11,13-14,18-21,23-26,28-29,31-32H2,2-9H3,(H,56,64)/t34-,39-,45-,53-/m0/s1. The number of pyridine rings is 1. The number of amides is 5. The van der Waals surface area contributed by atoms with Gasteiger partial charge < -0.3 is 34.1 Å². The molecule has 2 N–H and O–H groups in total. The van der Waals surface area contributed by atoms with Crippen LogP contribution >= 0.6 is 11.3 Å². The lowest BCUT2D eigenvalue weighted by molar-refractivity contribution is -0.158. The number of fused-ring (bicyclic) bond motifs is 6. The van der Waals surface area contributed by atoms with Gasteiger partial charge in [0.1, 0.15) is 17.2 Å². The molecule has 4 aliphatic rings. The zero-order valence-electron chi connectivity index (χ0n) is 42.6. The maximum Gasteiger partial charge on any atom is 0.323 e. The fourth-order valence-electron chi connectivity index (χ4n) is 11.3. The molecule has 3 aromatic heterocycles. The molecule has 0 unspecified atom stereocenters.